The number of carbonyl (C=O) groups is 1. The summed E-state index contributed by atoms with van der Waals surface area (Å²) in [4.78, 5) is 19.2. The molecule has 11 atom stereocenters. The second kappa shape index (κ2) is 14.9. The summed E-state index contributed by atoms with van der Waals surface area (Å²) < 4.78 is 13.2. The van der Waals surface area contributed by atoms with Crippen molar-refractivity contribution in [3.05, 3.63) is 99.9 Å². The van der Waals surface area contributed by atoms with Gasteiger partial charge in [0.25, 0.3) is 6.23 Å². The number of phenolic OH excluding ortho intramolecular Hbond substituents is 1. The van der Waals surface area contributed by atoms with Crippen LogP contribution in [0.15, 0.2) is 77.1 Å². The lowest BCUT2D eigenvalue weighted by molar-refractivity contribution is -0.888. The van der Waals surface area contributed by atoms with Gasteiger partial charge in [-0.1, -0.05) is 74.0 Å². The van der Waals surface area contributed by atoms with E-state index in [2.05, 4.69) is 47.5 Å². The fraction of sp³-hybridized carbons (Fsp3) is 0.458. The van der Waals surface area contributed by atoms with Crippen molar-refractivity contribution in [1.82, 2.24) is 5.32 Å². The normalized spacial score (nSPS) is 33.1. The molecule has 11 heteroatoms. The molecule has 1 saturated carbocycles. The van der Waals surface area contributed by atoms with E-state index in [1.165, 1.54) is 11.6 Å². The van der Waals surface area contributed by atoms with Crippen molar-refractivity contribution >= 4 is 11.5 Å². The number of ether oxygens (including phenoxy) is 2. The zero-order chi connectivity index (χ0) is 40.6. The number of aliphatic hydroxyl groups excluding tert-OH is 3. The van der Waals surface area contributed by atoms with Crippen LogP contribution in [0, 0.1) is 47.0 Å². The molecule has 1 spiro atoms. The first-order valence-electron chi connectivity index (χ1n) is 21.2. The zero-order valence-electron chi connectivity index (χ0n) is 33.2. The van der Waals surface area contributed by atoms with Crippen molar-refractivity contribution < 1.29 is 39.6 Å². The van der Waals surface area contributed by atoms with E-state index < -0.39 is 41.8 Å². The molecule has 2 aromatic rings. The number of aliphatic imine (C=N–C) groups is 1. The number of Topliss-reactive ketones (excluding diaryl/α,β-unsaturated/α-hetero) is 1. The average molecular weight is 796 g/mol. The first-order chi connectivity index (χ1) is 28.6. The minimum absolute atomic E-state index is 0.0511. The number of benzene rings is 2. The van der Waals surface area contributed by atoms with Gasteiger partial charge >= 0.3 is 0 Å². The van der Waals surface area contributed by atoms with E-state index in [1.54, 1.807) is 6.07 Å². The number of ketones is 1. The number of quaternary nitrogens is 1. The number of aryl methyl sites for hydroxylation is 1. The molecule has 5 aliphatic heterocycles. The number of aromatic hydroxyl groups is 1. The van der Waals surface area contributed by atoms with Crippen LogP contribution in [0.1, 0.15) is 104 Å². The van der Waals surface area contributed by atoms with Gasteiger partial charge in [-0.25, -0.2) is 0 Å². The Morgan fingerprint density at radius 2 is 1.92 bits per heavy atom. The van der Waals surface area contributed by atoms with Crippen LogP contribution in [0.4, 0.5) is 0 Å². The summed E-state index contributed by atoms with van der Waals surface area (Å²) in [5.74, 6) is 10.0. The van der Waals surface area contributed by atoms with Crippen molar-refractivity contribution in [1.29, 1.82) is 0 Å². The van der Waals surface area contributed by atoms with E-state index in [0.717, 1.165) is 64.1 Å². The molecular formula is C48H51N4O7+. The van der Waals surface area contributed by atoms with Gasteiger partial charge in [0.1, 0.15) is 48.1 Å². The summed E-state index contributed by atoms with van der Waals surface area (Å²) in [6.45, 7) is 3.28. The van der Waals surface area contributed by atoms with E-state index in [4.69, 9.17) is 20.2 Å². The smallest absolute Gasteiger partial charge is 0.252 e. The number of hydrogen-bond acceptors (Lipinski definition) is 10. The predicted molar refractivity (Wildman–Crippen MR) is 220 cm³/mol. The van der Waals surface area contributed by atoms with Gasteiger partial charge in [0.15, 0.2) is 11.5 Å². The first kappa shape index (κ1) is 38.2. The van der Waals surface area contributed by atoms with Crippen LogP contribution in [-0.2, 0) is 11.2 Å². The average Bonchev–Trinajstić information content (AvgIpc) is 3.96. The molecule has 10 rings (SSSR count). The Balaban J connectivity index is 1.02. The number of fused-ring (bicyclic) bond motifs is 6. The number of nitrogens with zero attached hydrogens (tertiary/aromatic N) is 1. The summed E-state index contributed by atoms with van der Waals surface area (Å²) in [6, 6.07) is 7.23. The quantitative estimate of drug-likeness (QED) is 0.171. The van der Waals surface area contributed by atoms with Gasteiger partial charge in [-0.05, 0) is 71.1 Å². The molecule has 0 amide bonds. The van der Waals surface area contributed by atoms with E-state index >= 15 is 0 Å². The van der Waals surface area contributed by atoms with Gasteiger partial charge in [0.05, 0.1) is 29.4 Å². The lowest BCUT2D eigenvalue weighted by Gasteiger charge is -2.38. The maximum absolute atomic E-state index is 13.2. The molecule has 8 aliphatic rings. The number of nitrogens with one attached hydrogen (secondary N) is 2. The largest absolute Gasteiger partial charge is 0.508 e. The molecule has 0 aromatic heterocycles. The van der Waals surface area contributed by atoms with E-state index in [0.29, 0.717) is 30.8 Å². The highest BCUT2D eigenvalue weighted by molar-refractivity contribution is 6.08. The molecule has 0 saturated heterocycles. The van der Waals surface area contributed by atoms with Crippen molar-refractivity contribution in [2.24, 2.45) is 33.9 Å². The fourth-order valence-corrected chi connectivity index (χ4v) is 10.9. The lowest BCUT2D eigenvalue weighted by Crippen LogP contribution is -3.13. The molecule has 1 fully saturated rings. The molecule has 8 N–H and O–H groups in total. The number of carbonyl (C=O) groups excluding carboxylic acids is 1. The number of nitrogens with two attached hydrogens (primary N) is 1. The standard InChI is InChI=1S/C48H50N4O7/c1-26-4-8-31(40(56)18-26)41(57)20-29(53)7-5-27-19-43-42(21-39(27)55)58-17-16-48(14-2-3-15-48)36-12-13-38(54)32-10-11-33-44-28(22-51-46(33)49)6-9-30(45(32)44)34-23-50-37-25-52(24-35(34)37)47(36)59-43/h4,6,8-11,19,21,23-24,26,28,30-31,36,38,40-41,46-47,51,54-57H,2-3,5,7,14-15,18,20,22,25,49H2,1H3/p+1. The summed E-state index contributed by atoms with van der Waals surface area (Å²) >= 11 is 0. The Morgan fingerprint density at radius 3 is 2.75 bits per heavy atom. The number of rotatable bonds is 6. The molecule has 59 heavy (non-hydrogen) atoms. The van der Waals surface area contributed by atoms with Crippen LogP contribution in [0.2, 0.25) is 0 Å². The Labute approximate surface area is 344 Å². The van der Waals surface area contributed by atoms with Crippen molar-refractivity contribution in [2.45, 2.75) is 101 Å². The minimum Gasteiger partial charge on any atom is -0.508 e. The van der Waals surface area contributed by atoms with Gasteiger partial charge in [-0.3, -0.25) is 20.0 Å². The SMILES string of the molecule is CC1C=CC(C(O)CC(=O)CCc2cc3c(cc2O)OC#CC2(CCCC2)C2C#CC(O)c4ccc5c6c4C(C=CC6CNC5N)C4=CN=C5C[NH+](C=C45)C2O3)C(O)C1. The van der Waals surface area contributed by atoms with Crippen molar-refractivity contribution in [3.63, 3.8) is 0 Å². The van der Waals surface area contributed by atoms with Crippen LogP contribution in [0.3, 0.4) is 0 Å². The minimum atomic E-state index is -1.08. The molecule has 2 bridgehead atoms. The third-order valence-electron chi connectivity index (χ3n) is 14.0. The van der Waals surface area contributed by atoms with Crippen LogP contribution in [-0.4, -0.2) is 63.4 Å². The van der Waals surface area contributed by atoms with Gasteiger partial charge in [0, 0.05) is 49.4 Å². The van der Waals surface area contributed by atoms with Gasteiger partial charge in [0.2, 0.25) is 0 Å². The molecular weight excluding hydrogens is 745 g/mol. The molecule has 2 aromatic carbocycles. The Hall–Kier alpha value is -4.98. The van der Waals surface area contributed by atoms with Crippen LogP contribution in [0.5, 0.6) is 17.2 Å². The Morgan fingerprint density at radius 1 is 1.08 bits per heavy atom. The molecule has 11 unspecified atom stereocenters. The van der Waals surface area contributed by atoms with E-state index in [-0.39, 0.29) is 60.5 Å². The number of phenols is 1. The maximum atomic E-state index is 13.2. The first-order valence-corrected chi connectivity index (χ1v) is 21.2. The molecule has 11 nitrogen and oxygen atoms in total. The number of hydrogen-bond donors (Lipinski definition) is 7. The van der Waals surface area contributed by atoms with Crippen LogP contribution >= 0.6 is 0 Å². The summed E-state index contributed by atoms with van der Waals surface area (Å²) in [5.41, 5.74) is 13.6. The van der Waals surface area contributed by atoms with Crippen molar-refractivity contribution in [2.75, 3.05) is 13.1 Å². The third-order valence-corrected chi connectivity index (χ3v) is 14.0. The number of aliphatic hydroxyl groups is 3. The van der Waals surface area contributed by atoms with Gasteiger partial charge < -0.3 is 35.6 Å². The van der Waals surface area contributed by atoms with Crippen LogP contribution < -0.4 is 25.4 Å². The highest BCUT2D eigenvalue weighted by Gasteiger charge is 2.52. The second-order valence-electron chi connectivity index (χ2n) is 17.8. The molecule has 3 aliphatic carbocycles. The lowest BCUT2D eigenvalue weighted by atomic mass is 9.71. The molecule has 0 radical (unpaired) electrons. The maximum Gasteiger partial charge on any atom is 0.252 e. The summed E-state index contributed by atoms with van der Waals surface area (Å²) in [6.07, 6.45) is 16.0. The summed E-state index contributed by atoms with van der Waals surface area (Å²) in [5, 5.41) is 48.2. The zero-order valence-corrected chi connectivity index (χ0v) is 33.2. The summed E-state index contributed by atoms with van der Waals surface area (Å²) in [7, 11) is 0. The van der Waals surface area contributed by atoms with Crippen molar-refractivity contribution in [3.8, 4) is 41.1 Å². The molecule has 304 valence electrons. The predicted octanol–water partition coefficient (Wildman–Crippen LogP) is 3.62. The second-order valence-corrected chi connectivity index (χ2v) is 17.8. The molecule has 5 heterocycles. The number of allylic oxidation sites excluding steroid dienone is 3. The van der Waals surface area contributed by atoms with Crippen LogP contribution in [0.25, 0.3) is 0 Å². The van der Waals surface area contributed by atoms with Gasteiger partial charge in [-0.2, -0.15) is 0 Å². The monoisotopic (exact) mass is 795 g/mol. The van der Waals surface area contributed by atoms with E-state index in [9.17, 15) is 25.2 Å². The highest BCUT2D eigenvalue weighted by Crippen LogP contribution is 2.50. The van der Waals surface area contributed by atoms with E-state index in [1.807, 2.05) is 37.4 Å². The highest BCUT2D eigenvalue weighted by atomic mass is 16.5. The van der Waals surface area contributed by atoms with Gasteiger partial charge in [-0.15, -0.1) is 0 Å². The Kier molecular flexibility index (Phi) is 9.68. The fourth-order valence-electron chi connectivity index (χ4n) is 10.9. The Bertz CT molecular complexity index is 2390. The topological polar surface area (TPSA) is 171 Å². The third kappa shape index (κ3) is 6.65.